The molecule has 2 rings (SSSR count). The summed E-state index contributed by atoms with van der Waals surface area (Å²) >= 11 is 16.9. The van der Waals surface area contributed by atoms with Crippen molar-refractivity contribution in [3.8, 4) is 0 Å². The van der Waals surface area contributed by atoms with Crippen molar-refractivity contribution in [2.75, 3.05) is 25.5 Å². The Balaban J connectivity index is 2.06. The first-order valence-electron chi connectivity index (χ1n) is 9.03. The van der Waals surface area contributed by atoms with E-state index < -0.39 is 55.0 Å². The van der Waals surface area contributed by atoms with Crippen LogP contribution in [0.2, 0.25) is 0 Å². The Labute approximate surface area is 187 Å². The molecular formula is C15H24Cl3N4O7P. The average molecular weight is 510 g/mol. The third-order valence-corrected chi connectivity index (χ3v) is 6.00. The van der Waals surface area contributed by atoms with Crippen LogP contribution in [0.1, 0.15) is 26.0 Å². The lowest BCUT2D eigenvalue weighted by atomic mass is 10.1. The molecule has 2 heterocycles. The number of anilines is 1. The molecule has 0 radical (unpaired) electrons. The highest BCUT2D eigenvalue weighted by atomic mass is 35.6. The fourth-order valence-electron chi connectivity index (χ4n) is 2.57. The number of nitrogen functional groups attached to an aromatic ring is 1. The summed E-state index contributed by atoms with van der Waals surface area (Å²) in [6, 6.07) is 1.34. The number of ether oxygens (including phenoxy) is 1. The molecule has 1 aromatic rings. The summed E-state index contributed by atoms with van der Waals surface area (Å²) < 4.78 is 28.1. The molecule has 30 heavy (non-hydrogen) atoms. The Morgan fingerprint density at radius 1 is 1.37 bits per heavy atom. The largest absolute Gasteiger partial charge is 0.405 e. The summed E-state index contributed by atoms with van der Waals surface area (Å²) in [5.41, 5.74) is 4.67. The van der Waals surface area contributed by atoms with Gasteiger partial charge in [-0.1, -0.05) is 48.1 Å². The van der Waals surface area contributed by atoms with E-state index in [-0.39, 0.29) is 5.82 Å². The van der Waals surface area contributed by atoms with Crippen LogP contribution in [-0.4, -0.2) is 61.6 Å². The van der Waals surface area contributed by atoms with Crippen molar-refractivity contribution < 1.29 is 28.6 Å². The van der Waals surface area contributed by atoms with Gasteiger partial charge >= 0.3 is 13.4 Å². The van der Waals surface area contributed by atoms with Gasteiger partial charge < -0.3 is 20.7 Å². The smallest absolute Gasteiger partial charge is 0.387 e. The number of hydrogen-bond acceptors (Lipinski definition) is 9. The molecule has 0 spiro atoms. The van der Waals surface area contributed by atoms with Gasteiger partial charge in [-0.05, 0) is 12.5 Å². The SMILES string of the molecule is CCCCNP(=O)(OCC1OC(n2ccc(N)nc2=O)C(O)C1O)OCC(Cl)(Cl)Cl. The molecule has 1 aliphatic heterocycles. The standard InChI is InChI=1S/C15H24Cl3N4O7P/c1-2-3-5-20-30(26,28-8-15(16,17)18)27-7-9-11(23)12(24)13(29-9)22-6-4-10(19)21-14(22)25/h4,6,9,11-13,23-24H,2-3,5,7-8H2,1H3,(H,20,26)(H2,19,21,25). The summed E-state index contributed by atoms with van der Waals surface area (Å²) in [7, 11) is -3.93. The molecule has 1 aromatic heterocycles. The highest BCUT2D eigenvalue weighted by Gasteiger charge is 2.45. The molecular weight excluding hydrogens is 486 g/mol. The molecule has 5 atom stereocenters. The van der Waals surface area contributed by atoms with Gasteiger partial charge in [0.15, 0.2) is 6.23 Å². The Kier molecular flexibility index (Phi) is 9.38. The Hall–Kier alpha value is -0.460. The molecule has 0 aromatic carbocycles. The van der Waals surface area contributed by atoms with E-state index in [1.165, 1.54) is 12.3 Å². The summed E-state index contributed by atoms with van der Waals surface area (Å²) in [4.78, 5) is 15.5. The van der Waals surface area contributed by atoms with Crippen LogP contribution in [0.15, 0.2) is 17.1 Å². The zero-order valence-electron chi connectivity index (χ0n) is 16.0. The number of unbranched alkanes of at least 4 members (excludes halogenated alkanes) is 1. The number of aromatic nitrogens is 2. The van der Waals surface area contributed by atoms with Gasteiger partial charge in [0.2, 0.25) is 3.79 Å². The minimum atomic E-state index is -3.93. The quantitative estimate of drug-likeness (QED) is 0.206. The second kappa shape index (κ2) is 10.9. The van der Waals surface area contributed by atoms with Crippen LogP contribution in [0.4, 0.5) is 5.82 Å². The van der Waals surface area contributed by atoms with Gasteiger partial charge in [0.1, 0.15) is 30.7 Å². The summed E-state index contributed by atoms with van der Waals surface area (Å²) in [6.45, 7) is 1.29. The molecule has 15 heteroatoms. The van der Waals surface area contributed by atoms with Crippen LogP contribution >= 0.6 is 42.5 Å². The van der Waals surface area contributed by atoms with Gasteiger partial charge in [-0.25, -0.2) is 14.4 Å². The molecule has 11 nitrogen and oxygen atoms in total. The molecule has 0 aliphatic carbocycles. The third kappa shape index (κ3) is 7.30. The van der Waals surface area contributed by atoms with Crippen molar-refractivity contribution in [2.45, 2.75) is 48.1 Å². The number of rotatable bonds is 10. The molecule has 1 saturated heterocycles. The number of halogens is 3. The predicted octanol–water partition coefficient (Wildman–Crippen LogP) is 1.35. The number of hydrogen-bond donors (Lipinski definition) is 4. The number of alkyl halides is 3. The second-order valence-corrected chi connectivity index (χ2v) is 10.9. The number of nitrogens with two attached hydrogens (primary N) is 1. The van der Waals surface area contributed by atoms with Gasteiger partial charge in [0.25, 0.3) is 0 Å². The zero-order chi connectivity index (χ0) is 22.5. The fourth-order valence-corrected chi connectivity index (χ4v) is 4.36. The molecule has 0 saturated carbocycles. The minimum absolute atomic E-state index is 0.00522. The normalized spacial score (nSPS) is 26.6. The fraction of sp³-hybridized carbons (Fsp3) is 0.733. The number of aliphatic hydroxyl groups is 2. The van der Waals surface area contributed by atoms with E-state index in [4.69, 9.17) is 54.3 Å². The van der Waals surface area contributed by atoms with E-state index in [1.807, 2.05) is 6.92 Å². The van der Waals surface area contributed by atoms with E-state index in [1.54, 1.807) is 0 Å². The molecule has 0 bridgehead atoms. The van der Waals surface area contributed by atoms with Crippen molar-refractivity contribution in [1.82, 2.24) is 14.6 Å². The number of aliphatic hydroxyl groups excluding tert-OH is 2. The maximum atomic E-state index is 12.9. The van der Waals surface area contributed by atoms with Crippen LogP contribution in [0.5, 0.6) is 0 Å². The Bertz CT molecular complexity index is 809. The highest BCUT2D eigenvalue weighted by molar-refractivity contribution is 7.51. The molecule has 5 N–H and O–H groups in total. The molecule has 5 unspecified atom stereocenters. The van der Waals surface area contributed by atoms with Gasteiger partial charge in [-0.2, -0.15) is 4.98 Å². The first-order chi connectivity index (χ1) is 14.0. The summed E-state index contributed by atoms with van der Waals surface area (Å²) in [6.07, 6.45) is -2.53. The van der Waals surface area contributed by atoms with Crippen LogP contribution < -0.4 is 16.5 Å². The Morgan fingerprint density at radius 2 is 2.07 bits per heavy atom. The van der Waals surface area contributed by atoms with E-state index in [0.717, 1.165) is 11.0 Å². The van der Waals surface area contributed by atoms with Gasteiger partial charge in [0.05, 0.1) is 6.61 Å². The minimum Gasteiger partial charge on any atom is -0.387 e. The van der Waals surface area contributed by atoms with Gasteiger partial charge in [0, 0.05) is 12.7 Å². The Morgan fingerprint density at radius 3 is 2.67 bits per heavy atom. The van der Waals surface area contributed by atoms with Gasteiger partial charge in [-0.3, -0.25) is 13.6 Å². The zero-order valence-corrected chi connectivity index (χ0v) is 19.2. The van der Waals surface area contributed by atoms with Crippen LogP contribution in [0, 0.1) is 0 Å². The lowest BCUT2D eigenvalue weighted by Gasteiger charge is -2.23. The van der Waals surface area contributed by atoms with Crippen molar-refractivity contribution in [2.24, 2.45) is 0 Å². The maximum Gasteiger partial charge on any atom is 0.405 e. The molecule has 0 amide bonds. The average Bonchev–Trinajstić information content (AvgIpc) is 2.93. The first-order valence-corrected chi connectivity index (χ1v) is 11.7. The number of nitrogens with one attached hydrogen (secondary N) is 1. The van der Waals surface area contributed by atoms with Crippen LogP contribution in [-0.2, 0) is 18.3 Å². The molecule has 1 fully saturated rings. The topological polar surface area (TPSA) is 158 Å². The van der Waals surface area contributed by atoms with Crippen LogP contribution in [0.3, 0.4) is 0 Å². The van der Waals surface area contributed by atoms with Crippen molar-refractivity contribution >= 4 is 48.4 Å². The highest BCUT2D eigenvalue weighted by Crippen LogP contribution is 2.46. The summed E-state index contributed by atoms with van der Waals surface area (Å²) in [5, 5.41) is 23.2. The van der Waals surface area contributed by atoms with Crippen molar-refractivity contribution in [3.05, 3.63) is 22.7 Å². The number of nitrogens with zero attached hydrogens (tertiary/aromatic N) is 2. The van der Waals surface area contributed by atoms with Crippen molar-refractivity contribution in [3.63, 3.8) is 0 Å². The van der Waals surface area contributed by atoms with Crippen LogP contribution in [0.25, 0.3) is 0 Å². The van der Waals surface area contributed by atoms with Crippen molar-refractivity contribution in [1.29, 1.82) is 0 Å². The van der Waals surface area contributed by atoms with E-state index >= 15 is 0 Å². The van der Waals surface area contributed by atoms with E-state index in [0.29, 0.717) is 13.0 Å². The maximum absolute atomic E-state index is 12.9. The lowest BCUT2D eigenvalue weighted by molar-refractivity contribution is -0.0533. The molecule has 172 valence electrons. The molecule has 1 aliphatic rings. The summed E-state index contributed by atoms with van der Waals surface area (Å²) in [5.74, 6) is -0.00522. The predicted molar refractivity (Wildman–Crippen MR) is 112 cm³/mol. The monoisotopic (exact) mass is 508 g/mol. The van der Waals surface area contributed by atoms with E-state index in [9.17, 15) is 19.6 Å². The van der Waals surface area contributed by atoms with Gasteiger partial charge in [-0.15, -0.1) is 0 Å². The second-order valence-electron chi connectivity index (χ2n) is 6.53. The third-order valence-electron chi connectivity index (χ3n) is 4.11. The van der Waals surface area contributed by atoms with E-state index in [2.05, 4.69) is 10.1 Å². The lowest BCUT2D eigenvalue weighted by Crippen LogP contribution is -2.36. The first kappa shape index (κ1) is 25.8.